The molecule has 1 atom stereocenters. The summed E-state index contributed by atoms with van der Waals surface area (Å²) in [6.07, 6.45) is 0. The number of carbonyl (C=O) groups is 1. The van der Waals surface area contributed by atoms with Crippen LogP contribution in [0.15, 0.2) is 0 Å². The molecule has 0 saturated carbocycles. The summed E-state index contributed by atoms with van der Waals surface area (Å²) in [7, 11) is 1.81. The highest BCUT2D eigenvalue weighted by atomic mass is 35.5. The first-order valence-electron chi connectivity index (χ1n) is 3.35. The molecule has 0 aliphatic heterocycles. The molecule has 0 aliphatic rings. The highest BCUT2D eigenvalue weighted by Crippen LogP contribution is 1.72. The number of alkyl halides is 1. The minimum absolute atomic E-state index is 0. The van der Waals surface area contributed by atoms with E-state index in [0.29, 0.717) is 0 Å². The van der Waals surface area contributed by atoms with Crippen LogP contribution < -0.4 is 23.0 Å². The lowest BCUT2D eigenvalue weighted by Gasteiger charge is -2.05. The lowest BCUT2D eigenvalue weighted by molar-refractivity contribution is -0.646. The van der Waals surface area contributed by atoms with Gasteiger partial charge in [-0.05, 0) is 6.92 Å². The van der Waals surface area contributed by atoms with E-state index >= 15 is 0 Å². The van der Waals surface area contributed by atoms with E-state index in [0.717, 1.165) is 0 Å². The number of hydrogen-bond donors (Lipinski definition) is 2. The molecule has 0 spiro atoms. The molecule has 0 fully saturated rings. The Bertz CT molecular complexity index is 113. The van der Waals surface area contributed by atoms with Crippen LogP contribution in [0.1, 0.15) is 6.92 Å². The SMILES string of the molecule is C[NH2+][C@@H](C)C(=O)NCCF.[Cl-]. The molecule has 0 unspecified atom stereocenters. The van der Waals surface area contributed by atoms with Gasteiger partial charge in [0.15, 0.2) is 6.04 Å². The van der Waals surface area contributed by atoms with Crippen LogP contribution in [-0.4, -0.2) is 32.2 Å². The van der Waals surface area contributed by atoms with E-state index in [2.05, 4.69) is 5.32 Å². The second-order valence-corrected chi connectivity index (χ2v) is 2.10. The maximum absolute atomic E-state index is 11.5. The molecule has 0 aromatic rings. The van der Waals surface area contributed by atoms with Gasteiger partial charge >= 0.3 is 0 Å². The normalized spacial score (nSPS) is 11.5. The van der Waals surface area contributed by atoms with Crippen molar-refractivity contribution in [3.63, 3.8) is 0 Å². The van der Waals surface area contributed by atoms with Crippen molar-refractivity contribution in [2.45, 2.75) is 13.0 Å². The summed E-state index contributed by atoms with van der Waals surface area (Å²) >= 11 is 0. The summed E-state index contributed by atoms with van der Waals surface area (Å²) in [5.74, 6) is -0.111. The number of nitrogens with one attached hydrogen (secondary N) is 1. The van der Waals surface area contributed by atoms with Crippen LogP contribution in [-0.2, 0) is 4.79 Å². The molecule has 3 N–H and O–H groups in total. The Morgan fingerprint density at radius 2 is 2.27 bits per heavy atom. The number of halogens is 2. The zero-order valence-electron chi connectivity index (χ0n) is 6.73. The average molecular weight is 185 g/mol. The van der Waals surface area contributed by atoms with Crippen molar-refractivity contribution < 1.29 is 26.9 Å². The van der Waals surface area contributed by atoms with E-state index < -0.39 is 6.67 Å². The maximum Gasteiger partial charge on any atom is 0.278 e. The fourth-order valence-corrected chi connectivity index (χ4v) is 0.483. The molecule has 0 aromatic carbocycles. The second-order valence-electron chi connectivity index (χ2n) is 2.10. The molecule has 1 amide bonds. The number of likely N-dealkylation sites (N-methyl/N-ethyl adjacent to an activating group) is 1. The first-order chi connectivity index (χ1) is 4.72. The van der Waals surface area contributed by atoms with E-state index in [9.17, 15) is 9.18 Å². The molecule has 0 aliphatic carbocycles. The number of nitrogens with two attached hydrogens (primary N) is 1. The van der Waals surface area contributed by atoms with Gasteiger partial charge in [0.25, 0.3) is 5.91 Å². The number of quaternary nitrogens is 1. The van der Waals surface area contributed by atoms with Crippen molar-refractivity contribution in [1.29, 1.82) is 0 Å². The molecular formula is C6H14ClFN2O. The third-order valence-corrected chi connectivity index (χ3v) is 1.31. The smallest absolute Gasteiger partial charge is 0.278 e. The van der Waals surface area contributed by atoms with Gasteiger partial charge in [0.2, 0.25) is 0 Å². The van der Waals surface area contributed by atoms with E-state index in [-0.39, 0.29) is 30.9 Å². The van der Waals surface area contributed by atoms with Gasteiger partial charge in [-0.3, -0.25) is 4.79 Å². The lowest BCUT2D eigenvalue weighted by Crippen LogP contribution is -3.00. The predicted molar refractivity (Wildman–Crippen MR) is 36.3 cm³/mol. The van der Waals surface area contributed by atoms with Crippen molar-refractivity contribution in [3.05, 3.63) is 0 Å². The molecule has 68 valence electrons. The molecule has 11 heavy (non-hydrogen) atoms. The van der Waals surface area contributed by atoms with Crippen molar-refractivity contribution in [1.82, 2.24) is 5.32 Å². The van der Waals surface area contributed by atoms with E-state index in [1.807, 2.05) is 0 Å². The molecule has 3 nitrogen and oxygen atoms in total. The quantitative estimate of drug-likeness (QED) is 0.456. The third-order valence-electron chi connectivity index (χ3n) is 1.31. The number of carbonyl (C=O) groups excluding carboxylic acids is 1. The summed E-state index contributed by atoms with van der Waals surface area (Å²) in [6, 6.07) is -0.119. The standard InChI is InChI=1S/C6H13FN2O.ClH/c1-5(8-2)6(10)9-4-3-7;/h5,8H,3-4H2,1-2H3,(H,9,10);1H/t5-;/m0./s1. The van der Waals surface area contributed by atoms with Gasteiger partial charge in [0.05, 0.1) is 7.05 Å². The lowest BCUT2D eigenvalue weighted by atomic mass is 10.3. The monoisotopic (exact) mass is 184 g/mol. The summed E-state index contributed by atoms with van der Waals surface area (Å²) in [6.45, 7) is 1.40. The number of hydrogen-bond acceptors (Lipinski definition) is 1. The molecule has 5 heteroatoms. The topological polar surface area (TPSA) is 45.7 Å². The van der Waals surface area contributed by atoms with Crippen molar-refractivity contribution >= 4 is 5.91 Å². The Labute approximate surface area is 72.1 Å². The van der Waals surface area contributed by atoms with Crippen LogP contribution in [0.4, 0.5) is 4.39 Å². The third kappa shape index (κ3) is 6.06. The summed E-state index contributed by atoms with van der Waals surface area (Å²) in [5, 5.41) is 4.21. The molecule has 0 radical (unpaired) electrons. The molecule has 0 heterocycles. The number of rotatable bonds is 4. The average Bonchev–Trinajstić information content (AvgIpc) is 1.98. The fraction of sp³-hybridized carbons (Fsp3) is 0.833. The predicted octanol–water partition coefficient (Wildman–Crippen LogP) is -4.34. The van der Waals surface area contributed by atoms with Gasteiger partial charge in [0.1, 0.15) is 6.67 Å². The second kappa shape index (κ2) is 7.75. The van der Waals surface area contributed by atoms with Crippen LogP contribution in [0.5, 0.6) is 0 Å². The Morgan fingerprint density at radius 3 is 2.64 bits per heavy atom. The zero-order chi connectivity index (χ0) is 7.98. The van der Waals surface area contributed by atoms with Crippen LogP contribution in [0, 0.1) is 0 Å². The summed E-state index contributed by atoms with van der Waals surface area (Å²) < 4.78 is 11.5. The first kappa shape index (κ1) is 13.3. The van der Waals surface area contributed by atoms with Gasteiger partial charge in [-0.2, -0.15) is 0 Å². The Hall–Kier alpha value is -0.350. The highest BCUT2D eigenvalue weighted by Gasteiger charge is 2.11. The van der Waals surface area contributed by atoms with Gasteiger partial charge in [0, 0.05) is 6.54 Å². The first-order valence-corrected chi connectivity index (χ1v) is 3.35. The van der Waals surface area contributed by atoms with E-state index in [4.69, 9.17) is 0 Å². The number of amides is 1. The Morgan fingerprint density at radius 1 is 1.73 bits per heavy atom. The van der Waals surface area contributed by atoms with Crippen molar-refractivity contribution in [2.75, 3.05) is 20.3 Å². The van der Waals surface area contributed by atoms with Crippen LogP contribution in [0.2, 0.25) is 0 Å². The van der Waals surface area contributed by atoms with Gasteiger partial charge in [-0.25, -0.2) is 4.39 Å². The van der Waals surface area contributed by atoms with Crippen LogP contribution >= 0.6 is 0 Å². The summed E-state index contributed by atoms with van der Waals surface area (Å²) in [5.41, 5.74) is 0. The van der Waals surface area contributed by atoms with Crippen LogP contribution in [0.25, 0.3) is 0 Å². The largest absolute Gasteiger partial charge is 1.00 e. The molecular weight excluding hydrogens is 171 g/mol. The molecule has 0 saturated heterocycles. The molecule has 0 bridgehead atoms. The minimum Gasteiger partial charge on any atom is -1.00 e. The molecule has 0 rings (SSSR count). The highest BCUT2D eigenvalue weighted by molar-refractivity contribution is 5.79. The van der Waals surface area contributed by atoms with E-state index in [1.54, 1.807) is 19.3 Å². The molecule has 0 aromatic heterocycles. The Balaban J connectivity index is 0. The Kier molecular flexibility index (Phi) is 9.34. The van der Waals surface area contributed by atoms with Crippen molar-refractivity contribution in [3.8, 4) is 0 Å². The fourth-order valence-electron chi connectivity index (χ4n) is 0.483. The summed E-state index contributed by atoms with van der Waals surface area (Å²) in [4.78, 5) is 10.8. The van der Waals surface area contributed by atoms with Gasteiger partial charge in [-0.1, -0.05) is 0 Å². The van der Waals surface area contributed by atoms with Gasteiger partial charge in [-0.15, -0.1) is 0 Å². The minimum atomic E-state index is -0.498. The van der Waals surface area contributed by atoms with Crippen molar-refractivity contribution in [2.24, 2.45) is 0 Å². The maximum atomic E-state index is 11.5. The van der Waals surface area contributed by atoms with Crippen LogP contribution in [0.3, 0.4) is 0 Å². The van der Waals surface area contributed by atoms with E-state index in [1.165, 1.54) is 0 Å². The zero-order valence-corrected chi connectivity index (χ0v) is 7.49. The van der Waals surface area contributed by atoms with Gasteiger partial charge < -0.3 is 23.0 Å².